The summed E-state index contributed by atoms with van der Waals surface area (Å²) < 4.78 is 1.66. The zero-order valence-electron chi connectivity index (χ0n) is 11.9. The molecule has 0 spiro atoms. The van der Waals surface area contributed by atoms with E-state index in [2.05, 4.69) is 20.8 Å². The van der Waals surface area contributed by atoms with Gasteiger partial charge in [-0.2, -0.15) is 0 Å². The van der Waals surface area contributed by atoms with Gasteiger partial charge in [-0.25, -0.2) is 4.98 Å². The highest BCUT2D eigenvalue weighted by Crippen LogP contribution is 2.11. The van der Waals surface area contributed by atoms with Crippen molar-refractivity contribution in [2.75, 3.05) is 0 Å². The van der Waals surface area contributed by atoms with Crippen LogP contribution in [0.5, 0.6) is 0 Å². The van der Waals surface area contributed by atoms with Crippen LogP contribution in [0.15, 0.2) is 53.7 Å². The molecule has 0 fully saturated rings. The SMILES string of the molecule is O=C(Cn1cnc2ccccc21)NNC(=O)c1ccc[nH]c1=O. The molecule has 3 aromatic rings. The molecule has 116 valence electrons. The van der Waals surface area contributed by atoms with Crippen molar-refractivity contribution in [2.45, 2.75) is 6.54 Å². The number of hydrogen-bond donors (Lipinski definition) is 3. The molecule has 0 bridgehead atoms. The van der Waals surface area contributed by atoms with Crippen molar-refractivity contribution in [1.82, 2.24) is 25.4 Å². The second kappa shape index (κ2) is 6.14. The van der Waals surface area contributed by atoms with Gasteiger partial charge in [-0.05, 0) is 24.3 Å². The molecule has 0 radical (unpaired) electrons. The van der Waals surface area contributed by atoms with Crippen molar-refractivity contribution < 1.29 is 9.59 Å². The van der Waals surface area contributed by atoms with E-state index in [1.807, 2.05) is 24.3 Å². The number of imidazole rings is 1. The van der Waals surface area contributed by atoms with Gasteiger partial charge in [0.25, 0.3) is 17.4 Å². The average Bonchev–Trinajstić information content (AvgIpc) is 2.96. The molecule has 0 saturated carbocycles. The smallest absolute Gasteiger partial charge is 0.275 e. The van der Waals surface area contributed by atoms with Crippen molar-refractivity contribution in [3.63, 3.8) is 0 Å². The maximum absolute atomic E-state index is 11.9. The van der Waals surface area contributed by atoms with Gasteiger partial charge in [-0.1, -0.05) is 12.1 Å². The number of para-hydroxylation sites is 2. The highest BCUT2D eigenvalue weighted by molar-refractivity contribution is 5.95. The van der Waals surface area contributed by atoms with Gasteiger partial charge in [0.05, 0.1) is 17.4 Å². The van der Waals surface area contributed by atoms with E-state index >= 15 is 0 Å². The number of hydrogen-bond acceptors (Lipinski definition) is 4. The van der Waals surface area contributed by atoms with Crippen LogP contribution in [0.4, 0.5) is 0 Å². The Morgan fingerprint density at radius 1 is 1.13 bits per heavy atom. The Morgan fingerprint density at radius 3 is 2.78 bits per heavy atom. The molecule has 2 heterocycles. The summed E-state index contributed by atoms with van der Waals surface area (Å²) in [4.78, 5) is 41.8. The minimum absolute atomic E-state index is 0.00800. The zero-order valence-corrected chi connectivity index (χ0v) is 11.9. The first kappa shape index (κ1) is 14.5. The number of amides is 2. The van der Waals surface area contributed by atoms with Crippen molar-refractivity contribution in [1.29, 1.82) is 0 Å². The van der Waals surface area contributed by atoms with E-state index in [4.69, 9.17) is 0 Å². The highest BCUT2D eigenvalue weighted by Gasteiger charge is 2.11. The summed E-state index contributed by atoms with van der Waals surface area (Å²) in [6, 6.07) is 10.3. The second-order valence-electron chi connectivity index (χ2n) is 4.78. The minimum atomic E-state index is -0.685. The average molecular weight is 311 g/mol. The van der Waals surface area contributed by atoms with Gasteiger partial charge >= 0.3 is 0 Å². The van der Waals surface area contributed by atoms with E-state index in [9.17, 15) is 14.4 Å². The van der Waals surface area contributed by atoms with Gasteiger partial charge in [-0.15, -0.1) is 0 Å². The van der Waals surface area contributed by atoms with Gasteiger partial charge in [-0.3, -0.25) is 25.2 Å². The number of rotatable bonds is 3. The van der Waals surface area contributed by atoms with Crippen LogP contribution in [-0.2, 0) is 11.3 Å². The lowest BCUT2D eigenvalue weighted by atomic mass is 10.3. The Hall–Kier alpha value is -3.42. The van der Waals surface area contributed by atoms with Crippen molar-refractivity contribution in [3.05, 3.63) is 64.8 Å². The fraction of sp³-hybridized carbons (Fsp3) is 0.0667. The first-order valence-corrected chi connectivity index (χ1v) is 6.82. The van der Waals surface area contributed by atoms with Crippen LogP contribution in [0, 0.1) is 0 Å². The molecular formula is C15H13N5O3. The summed E-state index contributed by atoms with van der Waals surface area (Å²) in [5.41, 5.74) is 5.46. The van der Waals surface area contributed by atoms with Crippen LogP contribution in [-0.4, -0.2) is 26.3 Å². The van der Waals surface area contributed by atoms with E-state index in [-0.39, 0.29) is 12.1 Å². The summed E-state index contributed by atoms with van der Waals surface area (Å²) in [5.74, 6) is -1.12. The Labute approximate surface area is 130 Å². The minimum Gasteiger partial charge on any atom is -0.328 e. The van der Waals surface area contributed by atoms with Crippen molar-refractivity contribution in [3.8, 4) is 0 Å². The number of pyridine rings is 1. The van der Waals surface area contributed by atoms with E-state index in [1.54, 1.807) is 10.9 Å². The summed E-state index contributed by atoms with van der Waals surface area (Å²) in [6.45, 7) is -0.00800. The summed E-state index contributed by atoms with van der Waals surface area (Å²) in [5, 5.41) is 0. The first-order chi connectivity index (χ1) is 11.1. The summed E-state index contributed by atoms with van der Waals surface area (Å²) in [6.07, 6.45) is 2.97. The van der Waals surface area contributed by atoms with E-state index < -0.39 is 17.4 Å². The van der Waals surface area contributed by atoms with Crippen molar-refractivity contribution >= 4 is 22.8 Å². The van der Waals surface area contributed by atoms with E-state index in [0.29, 0.717) is 0 Å². The van der Waals surface area contributed by atoms with Crippen LogP contribution in [0.25, 0.3) is 11.0 Å². The Balaban J connectivity index is 1.63. The molecule has 0 aliphatic heterocycles. The molecule has 0 aliphatic carbocycles. The fourth-order valence-corrected chi connectivity index (χ4v) is 2.12. The number of carbonyl (C=O) groups is 2. The molecule has 3 N–H and O–H groups in total. The lowest BCUT2D eigenvalue weighted by Crippen LogP contribution is -2.44. The Morgan fingerprint density at radius 2 is 1.96 bits per heavy atom. The summed E-state index contributed by atoms with van der Waals surface area (Å²) >= 11 is 0. The second-order valence-corrected chi connectivity index (χ2v) is 4.78. The molecular weight excluding hydrogens is 298 g/mol. The normalized spacial score (nSPS) is 10.4. The zero-order chi connectivity index (χ0) is 16.2. The molecule has 8 nitrogen and oxygen atoms in total. The first-order valence-electron chi connectivity index (χ1n) is 6.82. The number of carbonyl (C=O) groups excluding carboxylic acids is 2. The van der Waals surface area contributed by atoms with Crippen LogP contribution in [0.1, 0.15) is 10.4 Å². The molecule has 2 amide bonds. The highest BCUT2D eigenvalue weighted by atomic mass is 16.2. The number of aromatic amines is 1. The third kappa shape index (κ3) is 3.10. The fourth-order valence-electron chi connectivity index (χ4n) is 2.12. The maximum Gasteiger partial charge on any atom is 0.275 e. The van der Waals surface area contributed by atoms with Crippen molar-refractivity contribution in [2.24, 2.45) is 0 Å². The van der Waals surface area contributed by atoms with Gasteiger partial charge in [0.15, 0.2) is 0 Å². The molecule has 0 unspecified atom stereocenters. The molecule has 0 atom stereocenters. The molecule has 0 aliphatic rings. The predicted octanol–water partition coefficient (Wildman–Crippen LogP) is 0.186. The summed E-state index contributed by atoms with van der Waals surface area (Å²) in [7, 11) is 0. The lowest BCUT2D eigenvalue weighted by molar-refractivity contribution is -0.122. The Kier molecular flexibility index (Phi) is 3.88. The van der Waals surface area contributed by atoms with Gasteiger partial charge in [0.1, 0.15) is 12.1 Å². The number of fused-ring (bicyclic) bond motifs is 1. The predicted molar refractivity (Wildman–Crippen MR) is 82.4 cm³/mol. The lowest BCUT2D eigenvalue weighted by Gasteiger charge is -2.08. The van der Waals surface area contributed by atoms with Crippen LogP contribution < -0.4 is 16.4 Å². The van der Waals surface area contributed by atoms with Crippen LogP contribution >= 0.6 is 0 Å². The molecule has 23 heavy (non-hydrogen) atoms. The maximum atomic E-state index is 11.9. The molecule has 2 aromatic heterocycles. The van der Waals surface area contributed by atoms with Gasteiger partial charge < -0.3 is 9.55 Å². The number of H-pyrrole nitrogens is 1. The Bertz CT molecular complexity index is 928. The number of hydrazine groups is 1. The largest absolute Gasteiger partial charge is 0.328 e. The molecule has 0 saturated heterocycles. The topological polar surface area (TPSA) is 109 Å². The van der Waals surface area contributed by atoms with Crippen LogP contribution in [0.2, 0.25) is 0 Å². The third-order valence-electron chi connectivity index (χ3n) is 3.22. The van der Waals surface area contributed by atoms with Gasteiger partial charge in [0.2, 0.25) is 0 Å². The van der Waals surface area contributed by atoms with Crippen LogP contribution in [0.3, 0.4) is 0 Å². The third-order valence-corrected chi connectivity index (χ3v) is 3.22. The number of nitrogens with one attached hydrogen (secondary N) is 3. The van der Waals surface area contributed by atoms with E-state index in [0.717, 1.165) is 11.0 Å². The molecule has 8 heteroatoms. The quantitative estimate of drug-likeness (QED) is 0.600. The monoisotopic (exact) mass is 311 g/mol. The number of aromatic nitrogens is 3. The molecule has 1 aromatic carbocycles. The molecule has 3 rings (SSSR count). The van der Waals surface area contributed by atoms with E-state index in [1.165, 1.54) is 18.3 Å². The standard InChI is InChI=1S/C15H13N5O3/c21-13(8-20-9-17-11-5-1-2-6-12(11)20)18-19-15(23)10-4-3-7-16-14(10)22/h1-7,9H,8H2,(H,16,22)(H,18,21)(H,19,23). The number of nitrogens with zero attached hydrogens (tertiary/aromatic N) is 2. The number of benzene rings is 1. The van der Waals surface area contributed by atoms with Gasteiger partial charge in [0, 0.05) is 6.20 Å².